The molecule has 6 heteroatoms. The molecule has 0 amide bonds. The third-order valence-electron chi connectivity index (χ3n) is 5.53. The number of nitrogens with zero attached hydrogens (tertiary/aromatic N) is 4. The summed E-state index contributed by atoms with van der Waals surface area (Å²) in [6, 6.07) is 13.1. The predicted molar refractivity (Wildman–Crippen MR) is 112 cm³/mol. The summed E-state index contributed by atoms with van der Waals surface area (Å²) in [5, 5.41) is 9.33. The van der Waals surface area contributed by atoms with Crippen LogP contribution in [0.4, 0.5) is 0 Å². The Hall–Kier alpha value is -2.34. The molecule has 5 nitrogen and oxygen atoms in total. The van der Waals surface area contributed by atoms with Crippen molar-refractivity contribution in [1.82, 2.24) is 19.3 Å². The summed E-state index contributed by atoms with van der Waals surface area (Å²) in [6.07, 6.45) is 2.36. The highest BCUT2D eigenvalue weighted by atomic mass is 32.2. The van der Waals surface area contributed by atoms with Crippen LogP contribution < -0.4 is 0 Å². The molecule has 0 saturated heterocycles. The van der Waals surface area contributed by atoms with Crippen molar-refractivity contribution in [1.29, 1.82) is 0 Å². The summed E-state index contributed by atoms with van der Waals surface area (Å²) in [6.45, 7) is 8.28. The highest BCUT2D eigenvalue weighted by molar-refractivity contribution is 7.99. The zero-order valence-corrected chi connectivity index (χ0v) is 17.7. The van der Waals surface area contributed by atoms with Gasteiger partial charge in [0.25, 0.3) is 0 Å². The minimum atomic E-state index is 0.146. The third kappa shape index (κ3) is 3.53. The molecule has 0 spiro atoms. The molecule has 1 atom stereocenters. The van der Waals surface area contributed by atoms with Crippen molar-refractivity contribution in [2.24, 2.45) is 0 Å². The average molecular weight is 395 g/mol. The van der Waals surface area contributed by atoms with Crippen LogP contribution in [0.25, 0.3) is 0 Å². The van der Waals surface area contributed by atoms with Crippen LogP contribution in [0.2, 0.25) is 0 Å². The van der Waals surface area contributed by atoms with Gasteiger partial charge in [0.1, 0.15) is 5.82 Å². The second-order valence-electron chi connectivity index (χ2n) is 7.58. The Balaban J connectivity index is 1.52. The van der Waals surface area contributed by atoms with E-state index < -0.39 is 0 Å². The fraction of sp³-hybridized carbons (Fsp3) is 0.409. The van der Waals surface area contributed by atoms with Gasteiger partial charge in [-0.3, -0.25) is 4.79 Å². The first-order valence-corrected chi connectivity index (χ1v) is 10.8. The summed E-state index contributed by atoms with van der Waals surface area (Å²) in [7, 11) is 0. The zero-order chi connectivity index (χ0) is 19.8. The Labute approximate surface area is 170 Å². The maximum Gasteiger partial charge on any atom is 0.191 e. The van der Waals surface area contributed by atoms with Crippen LogP contribution in [-0.2, 0) is 0 Å². The third-order valence-corrected chi connectivity index (χ3v) is 6.48. The molecule has 1 saturated carbocycles. The van der Waals surface area contributed by atoms with E-state index >= 15 is 0 Å². The van der Waals surface area contributed by atoms with Crippen LogP contribution in [0, 0.1) is 20.8 Å². The Kier molecular flexibility index (Phi) is 5.15. The molecule has 1 fully saturated rings. The molecule has 0 aliphatic heterocycles. The topological polar surface area (TPSA) is 52.7 Å². The largest absolute Gasteiger partial charge is 0.341 e. The summed E-state index contributed by atoms with van der Waals surface area (Å²) in [4.78, 5) is 13.0. The van der Waals surface area contributed by atoms with Crippen molar-refractivity contribution >= 4 is 17.5 Å². The van der Waals surface area contributed by atoms with Gasteiger partial charge in [-0.15, -0.1) is 10.2 Å². The first-order valence-electron chi connectivity index (χ1n) is 9.78. The van der Waals surface area contributed by atoms with E-state index in [0.29, 0.717) is 11.8 Å². The lowest BCUT2D eigenvalue weighted by Gasteiger charge is -2.19. The van der Waals surface area contributed by atoms with E-state index in [9.17, 15) is 4.79 Å². The van der Waals surface area contributed by atoms with E-state index in [4.69, 9.17) is 0 Å². The van der Waals surface area contributed by atoms with Crippen molar-refractivity contribution in [2.75, 3.05) is 5.75 Å². The fourth-order valence-corrected chi connectivity index (χ4v) is 4.88. The number of carbonyl (C=O) groups excluding carboxylic acids is 1. The lowest BCUT2D eigenvalue weighted by atomic mass is 10.1. The molecule has 4 rings (SSSR count). The second kappa shape index (κ2) is 7.59. The average Bonchev–Trinajstić information content (AvgIpc) is 3.40. The van der Waals surface area contributed by atoms with Crippen LogP contribution in [-0.4, -0.2) is 30.9 Å². The Morgan fingerprint density at radius 1 is 1.18 bits per heavy atom. The van der Waals surface area contributed by atoms with E-state index in [0.717, 1.165) is 27.9 Å². The number of aromatic nitrogens is 4. The smallest absolute Gasteiger partial charge is 0.191 e. The van der Waals surface area contributed by atoms with Gasteiger partial charge >= 0.3 is 0 Å². The Morgan fingerprint density at radius 2 is 1.89 bits per heavy atom. The van der Waals surface area contributed by atoms with Crippen LogP contribution in [0.15, 0.2) is 41.6 Å². The lowest BCUT2D eigenvalue weighted by molar-refractivity contribution is 0.102. The number of benzene rings is 1. The molecule has 0 radical (unpaired) electrons. The molecule has 2 aromatic heterocycles. The molecule has 0 bridgehead atoms. The minimum Gasteiger partial charge on any atom is -0.341 e. The van der Waals surface area contributed by atoms with Gasteiger partial charge in [0.05, 0.1) is 11.8 Å². The number of carbonyl (C=O) groups is 1. The first kappa shape index (κ1) is 19.0. The van der Waals surface area contributed by atoms with Crippen molar-refractivity contribution in [3.05, 3.63) is 64.7 Å². The molecular weight excluding hydrogens is 368 g/mol. The highest BCUT2D eigenvalue weighted by Gasteiger charge is 2.29. The SMILES string of the molecule is Cc1nnc(SCC(=O)c2cc(C)n([C@H](C)c3ccccc3)c2C)n1C1CC1. The molecule has 2 heterocycles. The Bertz CT molecular complexity index is 1000. The molecule has 3 aromatic rings. The van der Waals surface area contributed by atoms with Crippen molar-refractivity contribution in [2.45, 2.75) is 57.8 Å². The van der Waals surface area contributed by atoms with Crippen molar-refractivity contribution in [3.8, 4) is 0 Å². The molecule has 0 N–H and O–H groups in total. The molecule has 146 valence electrons. The monoisotopic (exact) mass is 394 g/mol. The molecule has 0 unspecified atom stereocenters. The number of hydrogen-bond acceptors (Lipinski definition) is 4. The van der Waals surface area contributed by atoms with E-state index in [1.165, 1.54) is 30.2 Å². The molecule has 28 heavy (non-hydrogen) atoms. The second-order valence-corrected chi connectivity index (χ2v) is 8.53. The predicted octanol–water partition coefficient (Wildman–Crippen LogP) is 4.92. The van der Waals surface area contributed by atoms with E-state index in [2.05, 4.69) is 57.4 Å². The quantitative estimate of drug-likeness (QED) is 0.421. The van der Waals surface area contributed by atoms with Crippen LogP contribution in [0.5, 0.6) is 0 Å². The van der Waals surface area contributed by atoms with Crippen LogP contribution >= 0.6 is 11.8 Å². The van der Waals surface area contributed by atoms with Gasteiger partial charge in [-0.05, 0) is 52.2 Å². The fourth-order valence-electron chi connectivity index (χ4n) is 3.95. The number of hydrogen-bond donors (Lipinski definition) is 0. The summed E-state index contributed by atoms with van der Waals surface area (Å²) < 4.78 is 4.43. The Morgan fingerprint density at radius 3 is 2.57 bits per heavy atom. The van der Waals surface area contributed by atoms with Crippen molar-refractivity contribution in [3.63, 3.8) is 0 Å². The lowest BCUT2D eigenvalue weighted by Crippen LogP contribution is -2.12. The molecular formula is C22H26N4OS. The molecule has 1 aliphatic carbocycles. The van der Waals surface area contributed by atoms with Gasteiger partial charge in [0.15, 0.2) is 10.9 Å². The van der Waals surface area contributed by atoms with Gasteiger partial charge in [-0.2, -0.15) is 0 Å². The number of Topliss-reactive ketones (excluding diaryl/α,β-unsaturated/α-hetero) is 1. The van der Waals surface area contributed by atoms with Crippen LogP contribution in [0.3, 0.4) is 0 Å². The maximum absolute atomic E-state index is 13.0. The summed E-state index contributed by atoms with van der Waals surface area (Å²) >= 11 is 1.50. The normalized spacial score (nSPS) is 15.0. The molecule has 1 aromatic carbocycles. The first-order chi connectivity index (χ1) is 13.5. The summed E-state index contributed by atoms with van der Waals surface area (Å²) in [5.41, 5.74) is 4.19. The standard InChI is InChI=1S/C22H26N4OS/c1-14-12-20(16(3)25(14)15(2)18-8-6-5-7-9-18)21(27)13-28-22-24-23-17(4)26(22)19-10-11-19/h5-9,12,15,19H,10-11,13H2,1-4H3/t15-/m1/s1. The van der Waals surface area contributed by atoms with Crippen molar-refractivity contribution < 1.29 is 4.79 Å². The zero-order valence-electron chi connectivity index (χ0n) is 16.8. The van der Waals surface area contributed by atoms with Gasteiger partial charge in [0.2, 0.25) is 0 Å². The maximum atomic E-state index is 13.0. The van der Waals surface area contributed by atoms with E-state index in [1.54, 1.807) is 0 Å². The summed E-state index contributed by atoms with van der Waals surface area (Å²) in [5.74, 6) is 1.47. The van der Waals surface area contributed by atoms with E-state index in [1.807, 2.05) is 26.0 Å². The van der Waals surface area contributed by atoms with Gasteiger partial charge in [0, 0.05) is 23.0 Å². The van der Waals surface area contributed by atoms with Gasteiger partial charge in [-0.25, -0.2) is 0 Å². The number of ketones is 1. The number of aryl methyl sites for hydroxylation is 2. The molecule has 1 aliphatic rings. The van der Waals surface area contributed by atoms with Crippen LogP contribution in [0.1, 0.15) is 65.0 Å². The highest BCUT2D eigenvalue weighted by Crippen LogP contribution is 2.38. The van der Waals surface area contributed by atoms with Gasteiger partial charge < -0.3 is 9.13 Å². The van der Waals surface area contributed by atoms with Gasteiger partial charge in [-0.1, -0.05) is 42.1 Å². The number of thioether (sulfide) groups is 1. The minimum absolute atomic E-state index is 0.146. The number of rotatable bonds is 7. The van der Waals surface area contributed by atoms with E-state index in [-0.39, 0.29) is 11.8 Å².